The van der Waals surface area contributed by atoms with Gasteiger partial charge in [-0.1, -0.05) is 29.3 Å². The Labute approximate surface area is 141 Å². The minimum absolute atomic E-state index is 0.0129. The minimum Gasteiger partial charge on any atom is -0.465 e. The van der Waals surface area contributed by atoms with Gasteiger partial charge in [-0.15, -0.1) is 0 Å². The van der Waals surface area contributed by atoms with E-state index in [-0.39, 0.29) is 5.57 Å². The zero-order valence-corrected chi connectivity index (χ0v) is 13.1. The van der Waals surface area contributed by atoms with Crippen molar-refractivity contribution in [3.63, 3.8) is 0 Å². The van der Waals surface area contributed by atoms with Gasteiger partial charge in [0.05, 0.1) is 22.0 Å². The van der Waals surface area contributed by atoms with Crippen molar-refractivity contribution in [1.82, 2.24) is 5.43 Å². The number of anilines is 1. The molecule has 1 aromatic heterocycles. The van der Waals surface area contributed by atoms with Gasteiger partial charge in [-0.25, -0.2) is 5.01 Å². The van der Waals surface area contributed by atoms with Crippen LogP contribution < -0.4 is 10.4 Å². The van der Waals surface area contributed by atoms with Gasteiger partial charge in [0.25, 0.3) is 11.8 Å². The van der Waals surface area contributed by atoms with E-state index in [4.69, 9.17) is 27.6 Å². The van der Waals surface area contributed by atoms with Gasteiger partial charge in [0, 0.05) is 0 Å². The number of carbonyl (C=O) groups is 2. The minimum atomic E-state index is -0.495. The summed E-state index contributed by atoms with van der Waals surface area (Å²) >= 11 is 11.8. The first-order valence-corrected chi connectivity index (χ1v) is 7.34. The fraction of sp³-hybridized carbons (Fsp3) is 0. The number of hydrazine groups is 1. The van der Waals surface area contributed by atoms with Gasteiger partial charge in [-0.05, 0) is 42.5 Å². The van der Waals surface area contributed by atoms with Crippen LogP contribution in [0.3, 0.4) is 0 Å². The van der Waals surface area contributed by atoms with Crippen molar-refractivity contribution in [2.75, 3.05) is 5.01 Å². The Morgan fingerprint density at radius 2 is 1.96 bits per heavy atom. The maximum atomic E-state index is 12.3. The lowest BCUT2D eigenvalue weighted by atomic mass is 10.2. The normalized spacial score (nSPS) is 16.6. The van der Waals surface area contributed by atoms with Crippen LogP contribution in [0.2, 0.25) is 10.0 Å². The number of hydrogen-bond donors (Lipinski definition) is 1. The van der Waals surface area contributed by atoms with E-state index in [1.54, 1.807) is 36.4 Å². The zero-order chi connectivity index (χ0) is 16.4. The number of nitrogens with one attached hydrogen (secondary N) is 1. The second kappa shape index (κ2) is 6.32. The predicted molar refractivity (Wildman–Crippen MR) is 87.9 cm³/mol. The number of benzene rings is 1. The standard InChI is InChI=1S/C16H10Cl2N2O3/c17-13-7-6-10(9-14(13)18)20-16(22)12(15(21)19-20)5-1-3-11-4-2-8-23-11/h1-9H,(H,19,21)/b3-1+,12-5+. The summed E-state index contributed by atoms with van der Waals surface area (Å²) < 4.78 is 5.13. The van der Waals surface area contributed by atoms with Gasteiger partial charge >= 0.3 is 0 Å². The third-order valence-electron chi connectivity index (χ3n) is 3.12. The van der Waals surface area contributed by atoms with Gasteiger partial charge in [0.2, 0.25) is 0 Å². The third kappa shape index (κ3) is 3.16. The molecule has 116 valence electrons. The Kier molecular flexibility index (Phi) is 4.23. The number of halogens is 2. The van der Waals surface area contributed by atoms with E-state index in [2.05, 4.69) is 5.43 Å². The van der Waals surface area contributed by atoms with Gasteiger partial charge < -0.3 is 4.42 Å². The van der Waals surface area contributed by atoms with Crippen LogP contribution in [-0.2, 0) is 9.59 Å². The second-order valence-electron chi connectivity index (χ2n) is 4.63. The van der Waals surface area contributed by atoms with Crippen molar-refractivity contribution >= 4 is 46.8 Å². The van der Waals surface area contributed by atoms with Gasteiger partial charge in [0.1, 0.15) is 11.3 Å². The zero-order valence-electron chi connectivity index (χ0n) is 11.6. The van der Waals surface area contributed by atoms with Crippen molar-refractivity contribution in [2.45, 2.75) is 0 Å². The number of amides is 2. The largest absolute Gasteiger partial charge is 0.465 e. The fourth-order valence-corrected chi connectivity index (χ4v) is 2.30. The van der Waals surface area contributed by atoms with Crippen LogP contribution in [-0.4, -0.2) is 11.8 Å². The molecule has 1 aliphatic heterocycles. The van der Waals surface area contributed by atoms with E-state index in [0.29, 0.717) is 21.5 Å². The average Bonchev–Trinajstić information content (AvgIpc) is 3.13. The highest BCUT2D eigenvalue weighted by Crippen LogP contribution is 2.28. The van der Waals surface area contributed by atoms with E-state index < -0.39 is 11.8 Å². The highest BCUT2D eigenvalue weighted by molar-refractivity contribution is 6.42. The maximum absolute atomic E-state index is 12.3. The molecule has 23 heavy (non-hydrogen) atoms. The average molecular weight is 349 g/mol. The molecule has 3 rings (SSSR count). The molecular weight excluding hydrogens is 339 g/mol. The van der Waals surface area contributed by atoms with Crippen LogP contribution in [0.25, 0.3) is 6.08 Å². The second-order valence-corrected chi connectivity index (χ2v) is 5.45. The van der Waals surface area contributed by atoms with Gasteiger partial charge in [0.15, 0.2) is 0 Å². The molecule has 0 spiro atoms. The Bertz CT molecular complexity index is 826. The molecule has 0 saturated carbocycles. The lowest BCUT2D eigenvalue weighted by molar-refractivity contribution is -0.117. The molecule has 2 aromatic rings. The SMILES string of the molecule is O=C1NN(c2ccc(Cl)c(Cl)c2)C(=O)/C1=C/C=C/c1ccco1. The molecule has 0 bridgehead atoms. The first-order valence-electron chi connectivity index (χ1n) is 6.58. The molecule has 1 aliphatic rings. The van der Waals surface area contributed by atoms with Crippen LogP contribution in [0.15, 0.2) is 58.7 Å². The van der Waals surface area contributed by atoms with Crippen LogP contribution in [0, 0.1) is 0 Å². The summed E-state index contributed by atoms with van der Waals surface area (Å²) in [6, 6.07) is 8.15. The number of nitrogens with zero attached hydrogens (tertiary/aromatic N) is 1. The molecule has 2 amide bonds. The summed E-state index contributed by atoms with van der Waals surface area (Å²) in [5.74, 6) is -0.350. The molecule has 2 heterocycles. The molecule has 1 saturated heterocycles. The summed E-state index contributed by atoms with van der Waals surface area (Å²) in [4.78, 5) is 24.3. The van der Waals surface area contributed by atoms with E-state index in [0.717, 1.165) is 5.01 Å². The molecule has 7 heteroatoms. The Balaban J connectivity index is 1.83. The van der Waals surface area contributed by atoms with E-state index in [1.807, 2.05) is 0 Å². The molecular formula is C16H10Cl2N2O3. The van der Waals surface area contributed by atoms with Crippen LogP contribution in [0.5, 0.6) is 0 Å². The monoisotopic (exact) mass is 348 g/mol. The van der Waals surface area contributed by atoms with Gasteiger partial charge in [-0.2, -0.15) is 0 Å². The highest BCUT2D eigenvalue weighted by Gasteiger charge is 2.34. The molecule has 0 unspecified atom stereocenters. The quantitative estimate of drug-likeness (QED) is 0.680. The fourth-order valence-electron chi connectivity index (χ4n) is 2.01. The van der Waals surface area contributed by atoms with Gasteiger partial charge in [-0.3, -0.25) is 15.0 Å². The van der Waals surface area contributed by atoms with Crippen LogP contribution in [0.1, 0.15) is 5.76 Å². The molecule has 1 N–H and O–H groups in total. The maximum Gasteiger partial charge on any atom is 0.282 e. The number of allylic oxidation sites excluding steroid dienone is 2. The highest BCUT2D eigenvalue weighted by atomic mass is 35.5. The predicted octanol–water partition coefficient (Wildman–Crippen LogP) is 3.60. The van der Waals surface area contributed by atoms with Crippen molar-refractivity contribution in [3.8, 4) is 0 Å². The molecule has 0 aliphatic carbocycles. The first-order chi connectivity index (χ1) is 11.1. The molecule has 0 atom stereocenters. The van der Waals surface area contributed by atoms with Crippen LogP contribution in [0.4, 0.5) is 5.69 Å². The summed E-state index contributed by atoms with van der Waals surface area (Å²) in [6.07, 6.45) is 6.18. The topological polar surface area (TPSA) is 62.6 Å². The molecule has 1 fully saturated rings. The number of rotatable bonds is 3. The lowest BCUT2D eigenvalue weighted by Crippen LogP contribution is -2.35. The Morgan fingerprint density at radius 1 is 1.13 bits per heavy atom. The van der Waals surface area contributed by atoms with Crippen molar-refractivity contribution in [3.05, 3.63) is 70.1 Å². The van der Waals surface area contributed by atoms with E-state index in [1.165, 1.54) is 18.4 Å². The summed E-state index contributed by atoms with van der Waals surface area (Å²) in [5.41, 5.74) is 2.92. The van der Waals surface area contributed by atoms with E-state index in [9.17, 15) is 9.59 Å². The number of hydrogen-bond acceptors (Lipinski definition) is 3. The summed E-state index contributed by atoms with van der Waals surface area (Å²) in [6.45, 7) is 0. The van der Waals surface area contributed by atoms with E-state index >= 15 is 0 Å². The summed E-state index contributed by atoms with van der Waals surface area (Å²) in [5, 5.41) is 1.78. The van der Waals surface area contributed by atoms with Crippen molar-refractivity contribution in [1.29, 1.82) is 0 Å². The lowest BCUT2D eigenvalue weighted by Gasteiger charge is -2.15. The number of furan rings is 1. The van der Waals surface area contributed by atoms with Crippen molar-refractivity contribution < 1.29 is 14.0 Å². The number of carbonyl (C=O) groups excluding carboxylic acids is 2. The Hall–Kier alpha value is -2.50. The molecule has 5 nitrogen and oxygen atoms in total. The molecule has 1 aromatic carbocycles. The first kappa shape index (κ1) is 15.4. The summed E-state index contributed by atoms with van der Waals surface area (Å²) in [7, 11) is 0. The van der Waals surface area contributed by atoms with Crippen molar-refractivity contribution in [2.24, 2.45) is 0 Å². The Morgan fingerprint density at radius 3 is 2.65 bits per heavy atom. The molecule has 0 radical (unpaired) electrons. The third-order valence-corrected chi connectivity index (χ3v) is 3.86. The smallest absolute Gasteiger partial charge is 0.282 e. The van der Waals surface area contributed by atoms with Crippen LogP contribution >= 0.6 is 23.2 Å².